The van der Waals surface area contributed by atoms with Crippen molar-refractivity contribution in [2.45, 2.75) is 0 Å². The maximum absolute atomic E-state index is 11.8. The summed E-state index contributed by atoms with van der Waals surface area (Å²) in [6, 6.07) is 6.21. The van der Waals surface area contributed by atoms with Gasteiger partial charge in [0.1, 0.15) is 0 Å². The first-order chi connectivity index (χ1) is 8.70. The van der Waals surface area contributed by atoms with Crippen LogP contribution in [-0.2, 0) is 0 Å². The Morgan fingerprint density at radius 3 is 2.33 bits per heavy atom. The van der Waals surface area contributed by atoms with E-state index in [0.717, 1.165) is 0 Å². The first-order valence-corrected chi connectivity index (χ1v) is 4.76. The number of rotatable bonds is 1. The van der Waals surface area contributed by atoms with Gasteiger partial charge in [-0.2, -0.15) is 5.53 Å². The molecular formula is C10H5N6O2+. The molecule has 0 fully saturated rings. The van der Waals surface area contributed by atoms with E-state index in [2.05, 4.69) is 20.5 Å². The fourth-order valence-corrected chi connectivity index (χ4v) is 1.64. The molecule has 2 aromatic rings. The first-order valence-electron chi connectivity index (χ1n) is 4.76. The zero-order valence-electron chi connectivity index (χ0n) is 8.86. The second-order valence-electron chi connectivity index (χ2n) is 3.29. The molecule has 0 aromatic heterocycles. The van der Waals surface area contributed by atoms with Crippen molar-refractivity contribution in [1.82, 2.24) is 0 Å². The van der Waals surface area contributed by atoms with Gasteiger partial charge in [-0.25, -0.2) is 0 Å². The van der Waals surface area contributed by atoms with Crippen molar-refractivity contribution in [2.24, 2.45) is 15.4 Å². The lowest BCUT2D eigenvalue weighted by atomic mass is 10.1. The minimum Gasteiger partial charge on any atom is -0.285 e. The molecule has 18 heavy (non-hydrogen) atoms. The fourth-order valence-electron chi connectivity index (χ4n) is 1.64. The average molecular weight is 241 g/mol. The van der Waals surface area contributed by atoms with Gasteiger partial charge in [0.2, 0.25) is 5.43 Å². The summed E-state index contributed by atoms with van der Waals surface area (Å²) < 4.78 is 0. The van der Waals surface area contributed by atoms with E-state index in [-0.39, 0.29) is 10.7 Å². The van der Waals surface area contributed by atoms with Crippen molar-refractivity contribution in [3.05, 3.63) is 60.5 Å². The van der Waals surface area contributed by atoms with Crippen LogP contribution in [-0.4, -0.2) is 0 Å². The Morgan fingerprint density at radius 2 is 1.72 bits per heavy atom. The molecule has 0 aliphatic rings. The molecule has 0 spiro atoms. The molecule has 0 saturated heterocycles. The second-order valence-corrected chi connectivity index (χ2v) is 3.29. The van der Waals surface area contributed by atoms with E-state index in [9.17, 15) is 9.59 Å². The van der Waals surface area contributed by atoms with Crippen LogP contribution in [0.15, 0.2) is 49.3 Å². The summed E-state index contributed by atoms with van der Waals surface area (Å²) in [6.45, 7) is 0. The highest BCUT2D eigenvalue weighted by atomic mass is 16.2. The Bertz CT molecular complexity index is 899. The molecule has 0 saturated carbocycles. The van der Waals surface area contributed by atoms with Crippen LogP contribution in [0, 0.1) is 10.9 Å². The monoisotopic (exact) mass is 241 g/mol. The van der Waals surface area contributed by atoms with Crippen molar-refractivity contribution < 1.29 is 0 Å². The number of fused-ring (bicyclic) bond motifs is 1. The topological polar surface area (TPSA) is 123 Å². The van der Waals surface area contributed by atoms with Gasteiger partial charge < -0.3 is 0 Å². The van der Waals surface area contributed by atoms with Gasteiger partial charge in [0.15, 0.2) is 15.8 Å². The molecule has 86 valence electrons. The van der Waals surface area contributed by atoms with E-state index >= 15 is 0 Å². The summed E-state index contributed by atoms with van der Waals surface area (Å²) >= 11 is 0. The average Bonchev–Trinajstić information content (AvgIpc) is 2.40. The Hall–Kier alpha value is -3.08. The van der Waals surface area contributed by atoms with Crippen molar-refractivity contribution in [1.29, 1.82) is 10.9 Å². The van der Waals surface area contributed by atoms with Gasteiger partial charge in [-0.1, -0.05) is 29.5 Å². The number of nitrogens with zero attached hydrogens (tertiary/aromatic N) is 5. The first kappa shape index (κ1) is 11.4. The van der Waals surface area contributed by atoms with Crippen molar-refractivity contribution >= 4 is 10.8 Å². The lowest BCUT2D eigenvalue weighted by molar-refractivity contribution is 0.931. The summed E-state index contributed by atoms with van der Waals surface area (Å²) in [6.07, 6.45) is 0. The second kappa shape index (κ2) is 4.42. The summed E-state index contributed by atoms with van der Waals surface area (Å²) in [5.41, 5.74) is 4.93. The van der Waals surface area contributed by atoms with E-state index in [1.54, 1.807) is 12.1 Å². The number of hydrogen-bond donors (Lipinski definition) is 1. The van der Waals surface area contributed by atoms with Gasteiger partial charge >= 0.3 is 5.08 Å². The van der Waals surface area contributed by atoms with Crippen LogP contribution in [0.1, 0.15) is 0 Å². The molecule has 0 atom stereocenters. The molecule has 1 N–H and O–H groups in total. The van der Waals surface area contributed by atoms with Crippen LogP contribution in [0.3, 0.4) is 0 Å². The molecule has 0 aliphatic carbocycles. The van der Waals surface area contributed by atoms with E-state index in [0.29, 0.717) is 5.39 Å². The van der Waals surface area contributed by atoms with Crippen LogP contribution in [0.25, 0.3) is 15.9 Å². The third kappa shape index (κ3) is 1.60. The van der Waals surface area contributed by atoms with E-state index in [1.807, 2.05) is 0 Å². The van der Waals surface area contributed by atoms with E-state index in [1.165, 1.54) is 12.1 Å². The number of benzene rings is 2. The van der Waals surface area contributed by atoms with Crippen LogP contribution < -0.4 is 21.6 Å². The van der Waals surface area contributed by atoms with Crippen LogP contribution in [0.2, 0.25) is 0 Å². The zero-order valence-corrected chi connectivity index (χ0v) is 8.86. The standard InChI is InChI=1S/C10H5N6O2/c11-15-13-7-5-3-1-2-4-6(5)9(17)10(18)8(7)14-16-12/h1-4,12H/q+1. The summed E-state index contributed by atoms with van der Waals surface area (Å²) in [7, 11) is 0. The van der Waals surface area contributed by atoms with Crippen LogP contribution >= 0.6 is 0 Å². The fraction of sp³-hybridized carbons (Fsp3) is 0. The molecule has 0 unspecified atom stereocenters. The predicted molar refractivity (Wildman–Crippen MR) is 60.2 cm³/mol. The number of hydrogen-bond acceptors (Lipinski definition) is 6. The maximum atomic E-state index is 11.8. The number of diazo groups is 1. The highest BCUT2D eigenvalue weighted by Crippen LogP contribution is 2.01. The molecule has 8 heteroatoms. The zero-order chi connectivity index (χ0) is 13.1. The van der Waals surface area contributed by atoms with Crippen molar-refractivity contribution in [3.63, 3.8) is 0 Å². The smallest absolute Gasteiger partial charge is 0.285 e. The minimum atomic E-state index is -0.938. The molecule has 0 aliphatic heterocycles. The highest BCUT2D eigenvalue weighted by molar-refractivity contribution is 5.81. The van der Waals surface area contributed by atoms with Gasteiger partial charge in [0.25, 0.3) is 10.8 Å². The molecule has 0 amide bonds. The van der Waals surface area contributed by atoms with Crippen LogP contribution in [0.5, 0.6) is 0 Å². The Kier molecular flexibility index (Phi) is 2.80. The summed E-state index contributed by atoms with van der Waals surface area (Å²) in [5, 5.41) is 20.4. The minimum absolute atomic E-state index is 0.0892. The van der Waals surface area contributed by atoms with Gasteiger partial charge in [-0.3, -0.25) is 9.59 Å². The quantitative estimate of drug-likeness (QED) is 0.325. The molecule has 8 nitrogen and oxygen atoms in total. The number of nitrogens with one attached hydrogen (secondary N) is 1. The van der Waals surface area contributed by atoms with Crippen molar-refractivity contribution in [2.75, 3.05) is 0 Å². The van der Waals surface area contributed by atoms with Crippen LogP contribution in [0.4, 0.5) is 0 Å². The molecule has 0 radical (unpaired) electrons. The third-order valence-corrected chi connectivity index (χ3v) is 2.37. The Balaban J connectivity index is 3.33. The molecule has 2 rings (SSSR count). The molecular weight excluding hydrogens is 236 g/mol. The Morgan fingerprint density at radius 1 is 1.06 bits per heavy atom. The van der Waals surface area contributed by atoms with Gasteiger partial charge in [0, 0.05) is 10.8 Å². The highest BCUT2D eigenvalue weighted by Gasteiger charge is 2.11. The largest absolute Gasteiger partial charge is 0.339 e. The molecule has 0 heterocycles. The molecule has 0 bridgehead atoms. The maximum Gasteiger partial charge on any atom is 0.339 e. The lowest BCUT2D eigenvalue weighted by Gasteiger charge is -1.92. The van der Waals surface area contributed by atoms with E-state index < -0.39 is 16.2 Å². The predicted octanol–water partition coefficient (Wildman–Crippen LogP) is -0.0488. The van der Waals surface area contributed by atoms with Gasteiger partial charge in [0.05, 0.1) is 0 Å². The van der Waals surface area contributed by atoms with Gasteiger partial charge in [-0.15, -0.1) is 5.10 Å². The van der Waals surface area contributed by atoms with E-state index in [4.69, 9.17) is 10.9 Å². The normalized spacial score (nSPS) is 12.6. The Labute approximate surface area is 98.4 Å². The SMILES string of the molecule is N#[N+]N=c1c(=NN=N)c(=O)c(=O)c2ccccc12. The third-order valence-electron chi connectivity index (χ3n) is 2.37. The lowest BCUT2D eigenvalue weighted by Crippen LogP contribution is -2.47. The summed E-state index contributed by atoms with van der Waals surface area (Å²) in [4.78, 5) is 23.5. The molecule has 2 aromatic carbocycles. The van der Waals surface area contributed by atoms with Crippen molar-refractivity contribution in [3.8, 4) is 0 Å². The van der Waals surface area contributed by atoms with Gasteiger partial charge in [-0.05, 0) is 0 Å². The summed E-state index contributed by atoms with van der Waals surface area (Å²) in [5.74, 6) is 0.